The fourth-order valence-corrected chi connectivity index (χ4v) is 3.39. The molecule has 1 aromatic heterocycles. The quantitative estimate of drug-likeness (QED) is 0.834. The number of hydrogen-bond acceptors (Lipinski definition) is 4. The number of nitrogens with zero attached hydrogens (tertiary/aromatic N) is 1. The zero-order valence-corrected chi connectivity index (χ0v) is 15.2. The predicted molar refractivity (Wildman–Crippen MR) is 97.5 cm³/mol. The van der Waals surface area contributed by atoms with E-state index in [9.17, 15) is 4.79 Å². The lowest BCUT2D eigenvalue weighted by atomic mass is 10.0. The Bertz CT molecular complexity index is 795. The van der Waals surface area contributed by atoms with Crippen molar-refractivity contribution >= 4 is 5.91 Å². The summed E-state index contributed by atoms with van der Waals surface area (Å²) in [6.07, 6.45) is 3.13. The van der Waals surface area contributed by atoms with Crippen molar-refractivity contribution in [3.05, 3.63) is 41.2 Å². The van der Waals surface area contributed by atoms with Gasteiger partial charge in [-0.2, -0.15) is 5.10 Å². The van der Waals surface area contributed by atoms with Gasteiger partial charge in [-0.1, -0.05) is 19.9 Å². The van der Waals surface area contributed by atoms with Crippen molar-refractivity contribution in [2.24, 2.45) is 11.8 Å². The molecule has 26 heavy (non-hydrogen) atoms. The van der Waals surface area contributed by atoms with Gasteiger partial charge in [-0.3, -0.25) is 9.89 Å². The molecule has 0 saturated heterocycles. The molecule has 2 heterocycles. The molecule has 2 aliphatic rings. The van der Waals surface area contributed by atoms with Crippen LogP contribution in [0.5, 0.6) is 11.5 Å². The van der Waals surface area contributed by atoms with Crippen LogP contribution in [-0.2, 0) is 6.42 Å². The Hall–Kier alpha value is -2.50. The summed E-state index contributed by atoms with van der Waals surface area (Å²) in [6.45, 7) is 5.42. The highest BCUT2D eigenvalue weighted by Gasteiger charge is 2.34. The van der Waals surface area contributed by atoms with Crippen LogP contribution in [0.2, 0.25) is 0 Å². The Morgan fingerprint density at radius 3 is 2.73 bits per heavy atom. The van der Waals surface area contributed by atoms with Gasteiger partial charge in [-0.15, -0.1) is 0 Å². The molecule has 0 spiro atoms. The number of aromatic amines is 1. The smallest absolute Gasteiger partial charge is 0.272 e. The second kappa shape index (κ2) is 7.02. The number of carbonyl (C=O) groups excluding carboxylic acids is 1. The first-order chi connectivity index (χ1) is 12.6. The topological polar surface area (TPSA) is 76.2 Å². The van der Waals surface area contributed by atoms with Gasteiger partial charge in [-0.25, -0.2) is 0 Å². The van der Waals surface area contributed by atoms with E-state index in [0.717, 1.165) is 42.0 Å². The van der Waals surface area contributed by atoms with E-state index in [0.29, 0.717) is 30.7 Å². The van der Waals surface area contributed by atoms with Gasteiger partial charge in [-0.05, 0) is 54.9 Å². The first-order valence-electron chi connectivity index (χ1n) is 9.35. The molecule has 138 valence electrons. The Balaban J connectivity index is 1.50. The molecule has 6 nitrogen and oxygen atoms in total. The fourth-order valence-electron chi connectivity index (χ4n) is 3.39. The maximum Gasteiger partial charge on any atom is 0.272 e. The van der Waals surface area contributed by atoms with E-state index in [2.05, 4.69) is 29.4 Å². The minimum Gasteiger partial charge on any atom is -0.486 e. The normalized spacial score (nSPS) is 17.2. The molecular weight excluding hydrogens is 330 g/mol. The van der Waals surface area contributed by atoms with Gasteiger partial charge in [0.2, 0.25) is 0 Å². The van der Waals surface area contributed by atoms with Crippen LogP contribution in [0.25, 0.3) is 0 Å². The van der Waals surface area contributed by atoms with Crippen LogP contribution in [0.3, 0.4) is 0 Å². The molecule has 1 amide bonds. The number of aromatic nitrogens is 2. The molecule has 0 radical (unpaired) electrons. The van der Waals surface area contributed by atoms with Crippen LogP contribution >= 0.6 is 0 Å². The summed E-state index contributed by atoms with van der Waals surface area (Å²) in [5, 5.41) is 10.3. The molecule has 1 fully saturated rings. The van der Waals surface area contributed by atoms with Crippen molar-refractivity contribution in [3.8, 4) is 11.5 Å². The summed E-state index contributed by atoms with van der Waals surface area (Å²) >= 11 is 0. The van der Waals surface area contributed by atoms with Crippen molar-refractivity contribution in [3.63, 3.8) is 0 Å². The monoisotopic (exact) mass is 355 g/mol. The molecule has 2 N–H and O–H groups in total. The van der Waals surface area contributed by atoms with Crippen LogP contribution in [0.15, 0.2) is 24.3 Å². The maximum absolute atomic E-state index is 12.7. The molecule has 1 saturated carbocycles. The van der Waals surface area contributed by atoms with Crippen LogP contribution in [0.4, 0.5) is 0 Å². The third-order valence-electron chi connectivity index (χ3n) is 4.80. The first kappa shape index (κ1) is 16.9. The highest BCUT2D eigenvalue weighted by atomic mass is 16.6. The molecular formula is C20H25N3O3. The second-order valence-electron chi connectivity index (χ2n) is 7.57. The second-order valence-corrected chi connectivity index (χ2v) is 7.57. The van der Waals surface area contributed by atoms with Crippen molar-refractivity contribution in [1.82, 2.24) is 15.5 Å². The molecule has 4 rings (SSSR count). The van der Waals surface area contributed by atoms with Crippen molar-refractivity contribution in [2.75, 3.05) is 13.2 Å². The minimum atomic E-state index is -0.136. The standard InChI is InChI=1S/C20H25N3O3/c1-12(2)9-15-11-16(23-22-15)20(24)21-19(13-3-4-13)14-5-6-17-18(10-14)26-8-7-25-17/h5-6,10-13,19H,3-4,7-9H2,1-2H3,(H,21,24)(H,22,23). The number of benzene rings is 1. The minimum absolute atomic E-state index is 0.0245. The average Bonchev–Trinajstić information content (AvgIpc) is 3.37. The number of ether oxygens (including phenoxy) is 2. The van der Waals surface area contributed by atoms with E-state index >= 15 is 0 Å². The zero-order valence-electron chi connectivity index (χ0n) is 15.2. The van der Waals surface area contributed by atoms with Gasteiger partial charge in [0, 0.05) is 5.69 Å². The van der Waals surface area contributed by atoms with E-state index in [-0.39, 0.29) is 11.9 Å². The highest BCUT2D eigenvalue weighted by Crippen LogP contribution is 2.43. The summed E-state index contributed by atoms with van der Waals surface area (Å²) in [4.78, 5) is 12.7. The Morgan fingerprint density at radius 1 is 1.23 bits per heavy atom. The molecule has 1 atom stereocenters. The van der Waals surface area contributed by atoms with E-state index in [4.69, 9.17) is 9.47 Å². The van der Waals surface area contributed by atoms with Crippen LogP contribution in [0, 0.1) is 11.8 Å². The number of nitrogens with one attached hydrogen (secondary N) is 2. The molecule has 1 aliphatic carbocycles. The predicted octanol–water partition coefficient (Wildman–Crippen LogP) is 3.26. The molecule has 1 unspecified atom stereocenters. The van der Waals surface area contributed by atoms with E-state index in [1.807, 2.05) is 24.3 Å². The zero-order chi connectivity index (χ0) is 18.1. The van der Waals surface area contributed by atoms with Crippen molar-refractivity contribution in [1.29, 1.82) is 0 Å². The molecule has 2 aromatic rings. The summed E-state index contributed by atoms with van der Waals surface area (Å²) in [5.74, 6) is 2.38. The summed E-state index contributed by atoms with van der Waals surface area (Å²) in [6, 6.07) is 7.77. The number of fused-ring (bicyclic) bond motifs is 1. The average molecular weight is 355 g/mol. The van der Waals surface area contributed by atoms with E-state index < -0.39 is 0 Å². The SMILES string of the molecule is CC(C)Cc1cc(C(=O)NC(c2ccc3c(c2)OCCO3)C2CC2)n[nH]1. The number of amides is 1. The van der Waals surface area contributed by atoms with Crippen molar-refractivity contribution in [2.45, 2.75) is 39.2 Å². The van der Waals surface area contributed by atoms with Crippen LogP contribution in [-0.4, -0.2) is 29.3 Å². The van der Waals surface area contributed by atoms with Gasteiger partial charge in [0.05, 0.1) is 6.04 Å². The first-order valence-corrected chi connectivity index (χ1v) is 9.35. The molecule has 6 heteroatoms. The molecule has 1 aliphatic heterocycles. The summed E-state index contributed by atoms with van der Waals surface area (Å²) in [7, 11) is 0. The van der Waals surface area contributed by atoms with Gasteiger partial charge >= 0.3 is 0 Å². The molecule has 0 bridgehead atoms. The fraction of sp³-hybridized carbons (Fsp3) is 0.500. The van der Waals surface area contributed by atoms with Crippen molar-refractivity contribution < 1.29 is 14.3 Å². The number of rotatable bonds is 6. The maximum atomic E-state index is 12.7. The van der Waals surface area contributed by atoms with Gasteiger partial charge in [0.15, 0.2) is 11.5 Å². The third-order valence-corrected chi connectivity index (χ3v) is 4.80. The number of hydrogen-bond donors (Lipinski definition) is 2. The molecule has 1 aromatic carbocycles. The Morgan fingerprint density at radius 2 is 2.00 bits per heavy atom. The largest absolute Gasteiger partial charge is 0.486 e. The lowest BCUT2D eigenvalue weighted by Crippen LogP contribution is -2.30. The highest BCUT2D eigenvalue weighted by molar-refractivity contribution is 5.92. The van der Waals surface area contributed by atoms with Gasteiger partial charge < -0.3 is 14.8 Å². The number of H-pyrrole nitrogens is 1. The van der Waals surface area contributed by atoms with Crippen LogP contribution < -0.4 is 14.8 Å². The van der Waals surface area contributed by atoms with Gasteiger partial charge in [0.1, 0.15) is 18.9 Å². The van der Waals surface area contributed by atoms with Gasteiger partial charge in [0.25, 0.3) is 5.91 Å². The number of carbonyl (C=O) groups is 1. The third kappa shape index (κ3) is 3.69. The Labute approximate surface area is 153 Å². The Kier molecular flexibility index (Phi) is 4.57. The summed E-state index contributed by atoms with van der Waals surface area (Å²) < 4.78 is 11.3. The van der Waals surface area contributed by atoms with E-state index in [1.54, 1.807) is 0 Å². The lowest BCUT2D eigenvalue weighted by molar-refractivity contribution is 0.0926. The van der Waals surface area contributed by atoms with E-state index in [1.165, 1.54) is 0 Å². The summed E-state index contributed by atoms with van der Waals surface area (Å²) in [5.41, 5.74) is 2.50. The van der Waals surface area contributed by atoms with Crippen LogP contribution in [0.1, 0.15) is 54.5 Å². The lowest BCUT2D eigenvalue weighted by Gasteiger charge is -2.22.